The minimum absolute atomic E-state index is 0. The van der Waals surface area contributed by atoms with Gasteiger partial charge in [0.25, 0.3) is 0 Å². The average molecular weight is 447 g/mol. The summed E-state index contributed by atoms with van der Waals surface area (Å²) >= 11 is 0. The Morgan fingerprint density at radius 3 is 2.48 bits per heavy atom. The van der Waals surface area contributed by atoms with Gasteiger partial charge in [0.1, 0.15) is 0 Å². The lowest BCUT2D eigenvalue weighted by Gasteiger charge is -2.17. The minimum Gasteiger partial charge on any atom is -0.356 e. The van der Waals surface area contributed by atoms with E-state index in [-0.39, 0.29) is 36.4 Å². The van der Waals surface area contributed by atoms with Crippen molar-refractivity contribution < 1.29 is 13.2 Å². The molecule has 0 saturated heterocycles. The van der Waals surface area contributed by atoms with Crippen molar-refractivity contribution in [1.82, 2.24) is 20.4 Å². The lowest BCUT2D eigenvalue weighted by molar-refractivity contribution is -0.132. The van der Waals surface area contributed by atoms with Gasteiger partial charge < -0.3 is 10.6 Å². The number of hydrogen-bond donors (Lipinski definition) is 2. The summed E-state index contributed by atoms with van der Waals surface area (Å²) in [5.41, 5.74) is 2.07. The minimum atomic E-state index is -4.16. The van der Waals surface area contributed by atoms with Crippen LogP contribution in [0.1, 0.15) is 24.7 Å². The van der Waals surface area contributed by atoms with Gasteiger partial charge in [0, 0.05) is 32.4 Å². The summed E-state index contributed by atoms with van der Waals surface area (Å²) in [5.74, 6) is 0.642. The Labute approximate surface area is 152 Å². The zero-order chi connectivity index (χ0) is 16.8. The first-order valence-electron chi connectivity index (χ1n) is 7.23. The number of nitrogens with zero attached hydrogens (tertiary/aromatic N) is 3. The van der Waals surface area contributed by atoms with E-state index >= 15 is 0 Å². The molecule has 0 amide bonds. The molecule has 9 heteroatoms. The smallest absolute Gasteiger partial charge is 0.356 e. The van der Waals surface area contributed by atoms with Crippen LogP contribution in [0.15, 0.2) is 11.1 Å². The highest BCUT2D eigenvalue weighted by Crippen LogP contribution is 2.18. The summed E-state index contributed by atoms with van der Waals surface area (Å²) in [6.07, 6.45) is -5.04. The maximum absolute atomic E-state index is 12.1. The molecule has 0 radical (unpaired) electrons. The van der Waals surface area contributed by atoms with Crippen LogP contribution in [-0.4, -0.2) is 42.1 Å². The van der Waals surface area contributed by atoms with E-state index in [1.54, 1.807) is 0 Å². The summed E-state index contributed by atoms with van der Waals surface area (Å²) < 4.78 is 38.2. The van der Waals surface area contributed by atoms with Crippen molar-refractivity contribution in [2.45, 2.75) is 39.9 Å². The number of hydrogen-bond acceptors (Lipinski definition) is 2. The van der Waals surface area contributed by atoms with Crippen molar-refractivity contribution in [3.8, 4) is 0 Å². The summed E-state index contributed by atoms with van der Waals surface area (Å²) in [6.45, 7) is 7.15. The predicted octanol–water partition coefficient (Wildman–Crippen LogP) is 2.87. The van der Waals surface area contributed by atoms with Crippen LogP contribution in [0, 0.1) is 19.8 Å². The summed E-state index contributed by atoms with van der Waals surface area (Å²) in [7, 11) is 1.54. The number of aromatic nitrogens is 2. The first-order valence-corrected chi connectivity index (χ1v) is 7.23. The van der Waals surface area contributed by atoms with E-state index in [4.69, 9.17) is 0 Å². The summed E-state index contributed by atoms with van der Waals surface area (Å²) in [4.78, 5) is 3.91. The van der Waals surface area contributed by atoms with Crippen molar-refractivity contribution in [3.05, 3.63) is 17.5 Å². The van der Waals surface area contributed by atoms with Gasteiger partial charge >= 0.3 is 6.18 Å². The molecular formula is C14H25F3IN5. The molecule has 0 aliphatic carbocycles. The maximum Gasteiger partial charge on any atom is 0.390 e. The molecule has 0 aliphatic heterocycles. The van der Waals surface area contributed by atoms with Crippen LogP contribution >= 0.6 is 24.0 Å². The molecule has 2 N–H and O–H groups in total. The molecule has 1 aromatic rings. The fraction of sp³-hybridized carbons (Fsp3) is 0.714. The maximum atomic E-state index is 12.1. The third kappa shape index (κ3) is 9.01. The van der Waals surface area contributed by atoms with E-state index in [2.05, 4.69) is 20.7 Å². The zero-order valence-corrected chi connectivity index (χ0v) is 16.2. The molecule has 0 spiro atoms. The highest BCUT2D eigenvalue weighted by Gasteiger charge is 2.26. The molecule has 0 aliphatic rings. The monoisotopic (exact) mass is 447 g/mol. The molecule has 0 bridgehead atoms. The van der Waals surface area contributed by atoms with Gasteiger partial charge in [-0.1, -0.05) is 6.92 Å². The van der Waals surface area contributed by atoms with Gasteiger partial charge in [-0.25, -0.2) is 0 Å². The molecule has 134 valence electrons. The van der Waals surface area contributed by atoms with Crippen molar-refractivity contribution in [3.63, 3.8) is 0 Å². The second kappa shape index (κ2) is 9.99. The Morgan fingerprint density at radius 2 is 2.00 bits per heavy atom. The summed E-state index contributed by atoms with van der Waals surface area (Å²) in [5, 5.41) is 10.1. The van der Waals surface area contributed by atoms with Gasteiger partial charge in [-0.05, 0) is 25.8 Å². The second-order valence-corrected chi connectivity index (χ2v) is 5.46. The fourth-order valence-corrected chi connectivity index (χ4v) is 2.03. The largest absolute Gasteiger partial charge is 0.390 e. The third-order valence-corrected chi connectivity index (χ3v) is 3.13. The molecule has 0 saturated carbocycles. The van der Waals surface area contributed by atoms with E-state index in [9.17, 15) is 13.2 Å². The number of alkyl halides is 3. The van der Waals surface area contributed by atoms with Crippen molar-refractivity contribution in [1.29, 1.82) is 0 Å². The molecule has 1 unspecified atom stereocenters. The van der Waals surface area contributed by atoms with Crippen LogP contribution in [0.5, 0.6) is 0 Å². The highest BCUT2D eigenvalue weighted by atomic mass is 127. The molecule has 0 fully saturated rings. The highest BCUT2D eigenvalue weighted by molar-refractivity contribution is 14.0. The normalized spacial score (nSPS) is 13.4. The van der Waals surface area contributed by atoms with E-state index in [0.29, 0.717) is 12.5 Å². The van der Waals surface area contributed by atoms with Gasteiger partial charge in [-0.3, -0.25) is 9.67 Å². The van der Waals surface area contributed by atoms with E-state index in [1.807, 2.05) is 31.5 Å². The van der Waals surface area contributed by atoms with Crippen LogP contribution in [-0.2, 0) is 6.54 Å². The van der Waals surface area contributed by atoms with E-state index < -0.39 is 12.6 Å². The van der Waals surface area contributed by atoms with Crippen LogP contribution in [0.2, 0.25) is 0 Å². The van der Waals surface area contributed by atoms with Gasteiger partial charge in [0.2, 0.25) is 0 Å². The predicted molar refractivity (Wildman–Crippen MR) is 96.3 cm³/mol. The average Bonchev–Trinajstić information content (AvgIpc) is 2.70. The molecule has 0 aromatic carbocycles. The van der Waals surface area contributed by atoms with Crippen molar-refractivity contribution >= 4 is 29.9 Å². The Balaban J connectivity index is 0.00000484. The molecule has 1 atom stereocenters. The topological polar surface area (TPSA) is 54.2 Å². The lowest BCUT2D eigenvalue weighted by atomic mass is 10.2. The van der Waals surface area contributed by atoms with Gasteiger partial charge in [0.15, 0.2) is 5.96 Å². The summed E-state index contributed by atoms with van der Waals surface area (Å²) in [6, 6.07) is 2.01. The van der Waals surface area contributed by atoms with Crippen LogP contribution in [0.25, 0.3) is 0 Å². The Hall–Kier alpha value is -1.00. The van der Waals surface area contributed by atoms with Gasteiger partial charge in [-0.15, -0.1) is 24.0 Å². The third-order valence-electron chi connectivity index (χ3n) is 3.13. The second-order valence-electron chi connectivity index (χ2n) is 5.46. The molecule has 1 aromatic heterocycles. The fourth-order valence-electron chi connectivity index (χ4n) is 2.03. The number of aryl methyl sites for hydroxylation is 2. The lowest BCUT2D eigenvalue weighted by Crippen LogP contribution is -2.41. The van der Waals surface area contributed by atoms with E-state index in [1.165, 1.54) is 7.05 Å². The Morgan fingerprint density at radius 1 is 1.35 bits per heavy atom. The van der Waals surface area contributed by atoms with Crippen molar-refractivity contribution in [2.75, 3.05) is 20.1 Å². The zero-order valence-electron chi connectivity index (χ0n) is 13.9. The van der Waals surface area contributed by atoms with Gasteiger partial charge in [-0.2, -0.15) is 18.3 Å². The standard InChI is InChI=1S/C14H24F3N5.HI/c1-10(9-22-12(3)7-11(2)21-22)8-20-13(18-4)19-6-5-14(15,16)17;/h7,10H,5-6,8-9H2,1-4H3,(H2,18,19,20);1H. The first kappa shape index (κ1) is 22.0. The van der Waals surface area contributed by atoms with Gasteiger partial charge in [0.05, 0.1) is 12.1 Å². The molecule has 5 nitrogen and oxygen atoms in total. The SMILES string of the molecule is CN=C(NCCC(F)(F)F)NCC(C)Cn1nc(C)cc1C.I. The number of halogens is 4. The Kier molecular flexibility index (Phi) is 9.55. The van der Waals surface area contributed by atoms with E-state index in [0.717, 1.165) is 17.9 Å². The quantitative estimate of drug-likeness (QED) is 0.401. The van der Waals surface area contributed by atoms with Crippen LogP contribution in [0.4, 0.5) is 13.2 Å². The molecular weight excluding hydrogens is 422 g/mol. The first-order chi connectivity index (χ1) is 10.2. The molecule has 1 rings (SSSR count). The Bertz CT molecular complexity index is 499. The van der Waals surface area contributed by atoms with Crippen molar-refractivity contribution in [2.24, 2.45) is 10.9 Å². The number of aliphatic imine (C=N–C) groups is 1. The molecule has 1 heterocycles. The number of rotatable bonds is 6. The van der Waals surface area contributed by atoms with Crippen LogP contribution < -0.4 is 10.6 Å². The van der Waals surface area contributed by atoms with Crippen LogP contribution in [0.3, 0.4) is 0 Å². The molecule has 23 heavy (non-hydrogen) atoms. The number of nitrogens with one attached hydrogen (secondary N) is 2. The number of guanidine groups is 1.